The number of hydrogen-bond acceptors (Lipinski definition) is 6. The number of anilines is 1. The number of hydrazone groups is 1. The number of nitro benzene ring substituents is 1. The van der Waals surface area contributed by atoms with Gasteiger partial charge in [-0.15, -0.1) is 0 Å². The Morgan fingerprint density at radius 2 is 1.41 bits per heavy atom. The van der Waals surface area contributed by atoms with Crippen molar-refractivity contribution in [1.82, 2.24) is 0 Å². The summed E-state index contributed by atoms with van der Waals surface area (Å²) in [5.74, 6) is -1.59. The molecule has 11 heteroatoms. The number of nitro groups is 1. The molecule has 3 aromatic rings. The van der Waals surface area contributed by atoms with Crippen molar-refractivity contribution in [3.8, 4) is 0 Å². The standard InChI is InChI=1S/C21H9Cl4N3O4/c22-15-13-14(16(23)18(25)17(15)24)21(30)12-11(20(13)29)7-6-9(19(12)28(31)32)8-26-27-10-4-2-1-3-5-10/h1-8,27H. The molecule has 1 aliphatic carbocycles. The molecule has 0 fully saturated rings. The van der Waals surface area contributed by atoms with Gasteiger partial charge in [0.05, 0.1) is 53.6 Å². The van der Waals surface area contributed by atoms with Crippen LogP contribution in [-0.2, 0) is 0 Å². The number of nitrogens with one attached hydrogen (secondary N) is 1. The Balaban J connectivity index is 1.88. The molecule has 0 aromatic heterocycles. The Hall–Kier alpha value is -2.97. The molecule has 0 atom stereocenters. The minimum atomic E-state index is -0.863. The fourth-order valence-corrected chi connectivity index (χ4v) is 4.36. The molecule has 3 aromatic carbocycles. The van der Waals surface area contributed by atoms with Crippen LogP contribution in [0.4, 0.5) is 11.4 Å². The van der Waals surface area contributed by atoms with Gasteiger partial charge in [-0.1, -0.05) is 64.6 Å². The highest BCUT2D eigenvalue weighted by Crippen LogP contribution is 2.46. The lowest BCUT2D eigenvalue weighted by Gasteiger charge is -2.21. The molecule has 160 valence electrons. The normalized spacial score (nSPS) is 12.6. The number of halogens is 4. The van der Waals surface area contributed by atoms with E-state index in [2.05, 4.69) is 10.5 Å². The zero-order chi connectivity index (χ0) is 23.2. The molecule has 4 rings (SSSR count). The maximum absolute atomic E-state index is 13.3. The maximum Gasteiger partial charge on any atom is 0.290 e. The molecule has 0 aliphatic heterocycles. The Morgan fingerprint density at radius 3 is 2.00 bits per heavy atom. The van der Waals surface area contributed by atoms with Crippen LogP contribution in [0.3, 0.4) is 0 Å². The average molecular weight is 509 g/mol. The van der Waals surface area contributed by atoms with Crippen molar-refractivity contribution in [2.45, 2.75) is 0 Å². The molecular formula is C21H9Cl4N3O4. The predicted octanol–water partition coefficient (Wildman–Crippen LogP) is 6.43. The van der Waals surface area contributed by atoms with E-state index in [1.54, 1.807) is 24.3 Å². The third-order valence-corrected chi connectivity index (χ3v) is 6.56. The average Bonchev–Trinajstić information content (AvgIpc) is 2.78. The predicted molar refractivity (Wildman–Crippen MR) is 124 cm³/mol. The molecule has 32 heavy (non-hydrogen) atoms. The first-order chi connectivity index (χ1) is 15.2. The van der Waals surface area contributed by atoms with Crippen molar-refractivity contribution in [3.05, 3.63) is 100 Å². The number of fused-ring (bicyclic) bond motifs is 2. The molecule has 7 nitrogen and oxygen atoms in total. The van der Waals surface area contributed by atoms with E-state index in [-0.39, 0.29) is 42.3 Å². The fourth-order valence-electron chi connectivity index (χ4n) is 3.33. The molecule has 0 amide bonds. The first-order valence-corrected chi connectivity index (χ1v) is 10.4. The van der Waals surface area contributed by atoms with E-state index in [9.17, 15) is 19.7 Å². The number of nitrogens with zero attached hydrogens (tertiary/aromatic N) is 2. The lowest BCUT2D eigenvalue weighted by molar-refractivity contribution is -0.385. The van der Waals surface area contributed by atoms with E-state index in [0.717, 1.165) is 0 Å². The van der Waals surface area contributed by atoms with E-state index in [4.69, 9.17) is 46.4 Å². The molecule has 0 bridgehead atoms. The van der Waals surface area contributed by atoms with Gasteiger partial charge in [0.25, 0.3) is 5.69 Å². The van der Waals surface area contributed by atoms with E-state index < -0.39 is 27.7 Å². The Kier molecular flexibility index (Phi) is 5.92. The molecule has 1 aliphatic rings. The largest absolute Gasteiger partial charge is 0.290 e. The van der Waals surface area contributed by atoms with Crippen LogP contribution in [-0.4, -0.2) is 22.7 Å². The van der Waals surface area contributed by atoms with Crippen molar-refractivity contribution in [3.63, 3.8) is 0 Å². The summed E-state index contributed by atoms with van der Waals surface area (Å²) < 4.78 is 0. The molecule has 0 radical (unpaired) electrons. The van der Waals surface area contributed by atoms with Gasteiger partial charge in [-0.25, -0.2) is 0 Å². The number of para-hydroxylation sites is 1. The van der Waals surface area contributed by atoms with Crippen molar-refractivity contribution in [2.24, 2.45) is 5.10 Å². The number of hydrogen-bond donors (Lipinski definition) is 1. The first kappa shape index (κ1) is 22.2. The minimum Gasteiger partial charge on any atom is -0.288 e. The highest BCUT2D eigenvalue weighted by molar-refractivity contribution is 6.55. The molecule has 1 N–H and O–H groups in total. The Bertz CT molecular complexity index is 1360. The third-order valence-electron chi connectivity index (χ3n) is 4.76. The zero-order valence-electron chi connectivity index (χ0n) is 15.7. The van der Waals surface area contributed by atoms with Crippen LogP contribution in [0.5, 0.6) is 0 Å². The maximum atomic E-state index is 13.3. The zero-order valence-corrected chi connectivity index (χ0v) is 18.7. The topological polar surface area (TPSA) is 102 Å². The summed E-state index contributed by atoms with van der Waals surface area (Å²) in [7, 11) is 0. The number of ketones is 2. The lowest BCUT2D eigenvalue weighted by atomic mass is 9.82. The van der Waals surface area contributed by atoms with Gasteiger partial charge in [0.1, 0.15) is 5.56 Å². The minimum absolute atomic E-state index is 0.00376. The molecule has 0 saturated carbocycles. The summed E-state index contributed by atoms with van der Waals surface area (Å²) in [6, 6.07) is 11.5. The molecule has 0 spiro atoms. The molecule has 0 saturated heterocycles. The van der Waals surface area contributed by atoms with Crippen LogP contribution in [0.25, 0.3) is 0 Å². The highest BCUT2D eigenvalue weighted by atomic mass is 35.5. The van der Waals surface area contributed by atoms with Gasteiger partial charge in [-0.2, -0.15) is 5.10 Å². The van der Waals surface area contributed by atoms with Crippen LogP contribution in [0, 0.1) is 10.1 Å². The van der Waals surface area contributed by atoms with Gasteiger partial charge in [0.2, 0.25) is 5.78 Å². The summed E-state index contributed by atoms with van der Waals surface area (Å²) in [6.07, 6.45) is 1.18. The third kappa shape index (κ3) is 3.53. The monoisotopic (exact) mass is 507 g/mol. The van der Waals surface area contributed by atoms with Crippen molar-refractivity contribution in [2.75, 3.05) is 5.43 Å². The smallest absolute Gasteiger partial charge is 0.288 e. The van der Waals surface area contributed by atoms with Crippen molar-refractivity contribution in [1.29, 1.82) is 0 Å². The van der Waals surface area contributed by atoms with Crippen LogP contribution in [0.15, 0.2) is 47.6 Å². The second-order valence-corrected chi connectivity index (χ2v) is 8.10. The Labute approximate surface area is 200 Å². The van der Waals surface area contributed by atoms with Crippen molar-refractivity contribution >= 4 is 75.6 Å². The summed E-state index contributed by atoms with van der Waals surface area (Å²) >= 11 is 24.4. The van der Waals surface area contributed by atoms with Crippen molar-refractivity contribution < 1.29 is 14.5 Å². The highest BCUT2D eigenvalue weighted by Gasteiger charge is 2.41. The van der Waals surface area contributed by atoms with Gasteiger partial charge >= 0.3 is 0 Å². The van der Waals surface area contributed by atoms with Gasteiger partial charge < -0.3 is 0 Å². The second-order valence-electron chi connectivity index (χ2n) is 6.58. The van der Waals surface area contributed by atoms with E-state index in [0.29, 0.717) is 5.69 Å². The summed E-state index contributed by atoms with van der Waals surface area (Å²) in [5.41, 5.74) is 1.59. The molecule has 0 unspecified atom stereocenters. The fraction of sp³-hybridized carbons (Fsp3) is 0. The van der Waals surface area contributed by atoms with Crippen LogP contribution >= 0.6 is 46.4 Å². The van der Waals surface area contributed by atoms with Crippen LogP contribution in [0.2, 0.25) is 20.1 Å². The summed E-state index contributed by atoms with van der Waals surface area (Å²) in [4.78, 5) is 37.6. The number of carbonyl (C=O) groups is 2. The number of carbonyl (C=O) groups excluding carboxylic acids is 2. The van der Waals surface area contributed by atoms with E-state index in [1.807, 2.05) is 6.07 Å². The van der Waals surface area contributed by atoms with E-state index in [1.165, 1.54) is 18.3 Å². The number of benzene rings is 3. The summed E-state index contributed by atoms with van der Waals surface area (Å²) in [6.45, 7) is 0. The van der Waals surface area contributed by atoms with E-state index >= 15 is 0 Å². The first-order valence-electron chi connectivity index (χ1n) is 8.84. The molecule has 0 heterocycles. The van der Waals surface area contributed by atoms with Gasteiger partial charge in [-0.3, -0.25) is 25.1 Å². The van der Waals surface area contributed by atoms with Gasteiger partial charge in [0.15, 0.2) is 5.78 Å². The van der Waals surface area contributed by atoms with Gasteiger partial charge in [-0.05, 0) is 24.3 Å². The quantitative estimate of drug-likeness (QED) is 0.112. The number of rotatable bonds is 4. The Morgan fingerprint density at radius 1 is 0.812 bits per heavy atom. The second kappa shape index (κ2) is 8.52. The van der Waals surface area contributed by atoms with Crippen LogP contribution in [0.1, 0.15) is 37.4 Å². The lowest BCUT2D eigenvalue weighted by Crippen LogP contribution is -2.24. The van der Waals surface area contributed by atoms with Crippen LogP contribution < -0.4 is 5.43 Å². The summed E-state index contributed by atoms with van der Waals surface area (Å²) in [5, 5.41) is 14.9. The van der Waals surface area contributed by atoms with Gasteiger partial charge in [0, 0.05) is 5.56 Å². The SMILES string of the molecule is O=C1c2ccc(C=NNc3ccccc3)c([N+](=O)[O-])c2C(=O)c2c(Cl)c(Cl)c(Cl)c(Cl)c21. The molecular weight excluding hydrogens is 500 g/mol.